The summed E-state index contributed by atoms with van der Waals surface area (Å²) in [5.41, 5.74) is 0.987. The summed E-state index contributed by atoms with van der Waals surface area (Å²) >= 11 is 0. The SMILES string of the molecule is CN(N)C(=O)Cc1ccc2ccccc2c1. The summed E-state index contributed by atoms with van der Waals surface area (Å²) in [7, 11) is 1.56. The van der Waals surface area contributed by atoms with E-state index in [9.17, 15) is 4.79 Å². The van der Waals surface area contributed by atoms with Crippen molar-refractivity contribution >= 4 is 16.7 Å². The van der Waals surface area contributed by atoms with Crippen molar-refractivity contribution in [3.05, 3.63) is 48.0 Å². The summed E-state index contributed by atoms with van der Waals surface area (Å²) in [6.45, 7) is 0. The molecule has 0 radical (unpaired) electrons. The molecule has 0 saturated carbocycles. The van der Waals surface area contributed by atoms with Crippen molar-refractivity contribution in [2.24, 2.45) is 5.84 Å². The van der Waals surface area contributed by atoms with Gasteiger partial charge in [-0.05, 0) is 16.3 Å². The Kier molecular flexibility index (Phi) is 2.88. The molecular weight excluding hydrogens is 200 g/mol. The quantitative estimate of drug-likeness (QED) is 0.470. The summed E-state index contributed by atoms with van der Waals surface area (Å²) in [6.07, 6.45) is 0.345. The molecular formula is C13H14N2O. The Morgan fingerprint density at radius 3 is 2.56 bits per heavy atom. The van der Waals surface area contributed by atoms with Gasteiger partial charge in [-0.2, -0.15) is 0 Å². The Hall–Kier alpha value is -1.87. The second-order valence-electron chi connectivity index (χ2n) is 3.86. The lowest BCUT2D eigenvalue weighted by Crippen LogP contribution is -2.34. The molecule has 0 aliphatic carbocycles. The van der Waals surface area contributed by atoms with Crippen molar-refractivity contribution in [3.8, 4) is 0 Å². The summed E-state index contributed by atoms with van der Waals surface area (Å²) in [6, 6.07) is 14.1. The number of fused-ring (bicyclic) bond motifs is 1. The molecule has 2 aromatic carbocycles. The van der Waals surface area contributed by atoms with Crippen LogP contribution in [0.5, 0.6) is 0 Å². The van der Waals surface area contributed by atoms with Gasteiger partial charge < -0.3 is 0 Å². The molecule has 0 heterocycles. The van der Waals surface area contributed by atoms with Crippen LogP contribution in [0.15, 0.2) is 42.5 Å². The predicted molar refractivity (Wildman–Crippen MR) is 64.6 cm³/mol. The van der Waals surface area contributed by atoms with E-state index in [1.54, 1.807) is 7.05 Å². The predicted octanol–water partition coefficient (Wildman–Crippen LogP) is 1.71. The van der Waals surface area contributed by atoms with Gasteiger partial charge in [0.25, 0.3) is 0 Å². The number of hydrogen-bond acceptors (Lipinski definition) is 2. The van der Waals surface area contributed by atoms with Crippen LogP contribution in [-0.2, 0) is 11.2 Å². The van der Waals surface area contributed by atoms with E-state index in [1.807, 2.05) is 36.4 Å². The number of rotatable bonds is 2. The van der Waals surface area contributed by atoms with Gasteiger partial charge in [-0.15, -0.1) is 0 Å². The average molecular weight is 214 g/mol. The van der Waals surface area contributed by atoms with Gasteiger partial charge in [-0.1, -0.05) is 42.5 Å². The van der Waals surface area contributed by atoms with Crippen LogP contribution < -0.4 is 5.84 Å². The molecule has 0 fully saturated rings. The maximum atomic E-state index is 11.4. The highest BCUT2D eigenvalue weighted by molar-refractivity contribution is 5.85. The van der Waals surface area contributed by atoms with Crippen molar-refractivity contribution in [1.82, 2.24) is 5.01 Å². The second-order valence-corrected chi connectivity index (χ2v) is 3.86. The Morgan fingerprint density at radius 1 is 1.19 bits per heavy atom. The first-order chi connectivity index (χ1) is 7.66. The lowest BCUT2D eigenvalue weighted by Gasteiger charge is -2.10. The minimum absolute atomic E-state index is 0.0877. The first-order valence-electron chi connectivity index (χ1n) is 5.16. The molecule has 82 valence electrons. The molecule has 0 saturated heterocycles. The molecule has 16 heavy (non-hydrogen) atoms. The van der Waals surface area contributed by atoms with E-state index in [4.69, 9.17) is 5.84 Å². The molecule has 0 unspecified atom stereocenters. The maximum Gasteiger partial charge on any atom is 0.240 e. The minimum Gasteiger partial charge on any atom is -0.284 e. The highest BCUT2D eigenvalue weighted by Gasteiger charge is 2.06. The first-order valence-corrected chi connectivity index (χ1v) is 5.16. The van der Waals surface area contributed by atoms with E-state index in [2.05, 4.69) is 6.07 Å². The summed E-state index contributed by atoms with van der Waals surface area (Å²) in [5, 5.41) is 3.45. The highest BCUT2D eigenvalue weighted by Crippen LogP contribution is 2.16. The first kappa shape index (κ1) is 10.6. The smallest absolute Gasteiger partial charge is 0.240 e. The third-order valence-electron chi connectivity index (χ3n) is 2.56. The minimum atomic E-state index is -0.0877. The van der Waals surface area contributed by atoms with Crippen molar-refractivity contribution in [2.75, 3.05) is 7.05 Å². The van der Waals surface area contributed by atoms with Crippen molar-refractivity contribution in [2.45, 2.75) is 6.42 Å². The molecule has 0 aliphatic rings. The zero-order valence-corrected chi connectivity index (χ0v) is 9.18. The van der Waals surface area contributed by atoms with Crippen LogP contribution >= 0.6 is 0 Å². The Balaban J connectivity index is 2.29. The third kappa shape index (κ3) is 2.20. The lowest BCUT2D eigenvalue weighted by molar-refractivity contribution is -0.129. The summed E-state index contributed by atoms with van der Waals surface area (Å²) in [5.74, 6) is 5.29. The van der Waals surface area contributed by atoms with Gasteiger partial charge in [0.15, 0.2) is 0 Å². The monoisotopic (exact) mass is 214 g/mol. The van der Waals surface area contributed by atoms with Crippen molar-refractivity contribution < 1.29 is 4.79 Å². The summed E-state index contributed by atoms with van der Waals surface area (Å²) < 4.78 is 0. The molecule has 0 aromatic heterocycles. The normalized spacial score (nSPS) is 10.4. The standard InChI is InChI=1S/C13H14N2O/c1-15(14)13(16)9-10-6-7-11-4-2-3-5-12(11)8-10/h2-8H,9,14H2,1H3. The van der Waals surface area contributed by atoms with E-state index in [0.717, 1.165) is 16.0 Å². The van der Waals surface area contributed by atoms with E-state index in [1.165, 1.54) is 5.39 Å². The van der Waals surface area contributed by atoms with E-state index in [0.29, 0.717) is 6.42 Å². The fourth-order valence-corrected chi connectivity index (χ4v) is 1.65. The van der Waals surface area contributed by atoms with Crippen molar-refractivity contribution in [3.63, 3.8) is 0 Å². The molecule has 3 heteroatoms. The zero-order valence-electron chi connectivity index (χ0n) is 9.18. The number of nitrogens with zero attached hydrogens (tertiary/aromatic N) is 1. The largest absolute Gasteiger partial charge is 0.284 e. The van der Waals surface area contributed by atoms with Crippen LogP contribution in [0.25, 0.3) is 10.8 Å². The molecule has 2 N–H and O–H groups in total. The molecule has 0 spiro atoms. The third-order valence-corrected chi connectivity index (χ3v) is 2.56. The van der Waals surface area contributed by atoms with Crippen molar-refractivity contribution in [1.29, 1.82) is 0 Å². The van der Waals surface area contributed by atoms with Gasteiger partial charge in [0, 0.05) is 7.05 Å². The average Bonchev–Trinajstić information content (AvgIpc) is 2.28. The number of benzene rings is 2. The number of likely N-dealkylation sites (N-methyl/N-ethyl adjacent to an activating group) is 1. The Morgan fingerprint density at radius 2 is 1.88 bits per heavy atom. The van der Waals surface area contributed by atoms with Crippen LogP contribution in [-0.4, -0.2) is 18.0 Å². The van der Waals surface area contributed by atoms with Gasteiger partial charge in [-0.25, -0.2) is 5.84 Å². The lowest BCUT2D eigenvalue weighted by atomic mass is 10.1. The molecule has 3 nitrogen and oxygen atoms in total. The number of hydrogen-bond donors (Lipinski definition) is 1. The van der Waals surface area contributed by atoms with Crippen LogP contribution in [0.2, 0.25) is 0 Å². The van der Waals surface area contributed by atoms with E-state index in [-0.39, 0.29) is 5.91 Å². The van der Waals surface area contributed by atoms with Gasteiger partial charge in [0.2, 0.25) is 5.91 Å². The number of hydrazine groups is 1. The Labute approximate surface area is 94.4 Å². The molecule has 0 atom stereocenters. The van der Waals surface area contributed by atoms with Gasteiger partial charge in [-0.3, -0.25) is 9.80 Å². The van der Waals surface area contributed by atoms with Crippen LogP contribution in [0.1, 0.15) is 5.56 Å². The zero-order chi connectivity index (χ0) is 11.5. The molecule has 0 bridgehead atoms. The Bertz CT molecular complexity index is 520. The fourth-order valence-electron chi connectivity index (χ4n) is 1.65. The second kappa shape index (κ2) is 4.33. The van der Waals surface area contributed by atoms with Gasteiger partial charge >= 0.3 is 0 Å². The number of carbonyl (C=O) groups is 1. The van der Waals surface area contributed by atoms with Crippen LogP contribution in [0, 0.1) is 0 Å². The van der Waals surface area contributed by atoms with E-state index >= 15 is 0 Å². The topological polar surface area (TPSA) is 46.3 Å². The summed E-state index contributed by atoms with van der Waals surface area (Å²) in [4.78, 5) is 11.4. The van der Waals surface area contributed by atoms with Crippen LogP contribution in [0.4, 0.5) is 0 Å². The number of nitrogens with two attached hydrogens (primary N) is 1. The number of amides is 1. The molecule has 0 aliphatic heterocycles. The van der Waals surface area contributed by atoms with Crippen LogP contribution in [0.3, 0.4) is 0 Å². The molecule has 2 rings (SSSR count). The van der Waals surface area contributed by atoms with Gasteiger partial charge in [0.05, 0.1) is 6.42 Å². The highest BCUT2D eigenvalue weighted by atomic mass is 16.2. The molecule has 2 aromatic rings. The fraction of sp³-hybridized carbons (Fsp3) is 0.154. The number of carbonyl (C=O) groups excluding carboxylic acids is 1. The maximum absolute atomic E-state index is 11.4. The van der Waals surface area contributed by atoms with Gasteiger partial charge in [0.1, 0.15) is 0 Å². The molecule has 1 amide bonds. The van der Waals surface area contributed by atoms with E-state index < -0.39 is 0 Å².